The van der Waals surface area contributed by atoms with E-state index in [4.69, 9.17) is 4.74 Å². The van der Waals surface area contributed by atoms with Gasteiger partial charge in [-0.3, -0.25) is 10.1 Å². The van der Waals surface area contributed by atoms with Crippen molar-refractivity contribution < 1.29 is 9.66 Å². The van der Waals surface area contributed by atoms with Crippen LogP contribution >= 0.6 is 0 Å². The molecule has 0 spiro atoms. The van der Waals surface area contributed by atoms with Crippen LogP contribution in [0, 0.1) is 17.0 Å². The SMILES string of the molecule is CCNc1nc(C)c([N+](=O)[O-])c(-c2nccnc2OC)n1. The predicted octanol–water partition coefficient (Wildman–Crippen LogP) is 1.59. The monoisotopic (exact) mass is 290 g/mol. The largest absolute Gasteiger partial charge is 0.479 e. The fourth-order valence-corrected chi connectivity index (χ4v) is 1.82. The third-order valence-corrected chi connectivity index (χ3v) is 2.66. The van der Waals surface area contributed by atoms with Crippen molar-refractivity contribution in [3.05, 3.63) is 28.2 Å². The Balaban J connectivity index is 2.72. The van der Waals surface area contributed by atoms with Crippen LogP contribution in [0.4, 0.5) is 11.6 Å². The molecule has 0 aliphatic carbocycles. The second kappa shape index (κ2) is 6.07. The Morgan fingerprint density at radius 1 is 1.29 bits per heavy atom. The highest BCUT2D eigenvalue weighted by atomic mass is 16.6. The molecule has 0 aromatic carbocycles. The lowest BCUT2D eigenvalue weighted by Crippen LogP contribution is -2.08. The van der Waals surface area contributed by atoms with Crippen LogP contribution in [0.15, 0.2) is 12.4 Å². The summed E-state index contributed by atoms with van der Waals surface area (Å²) >= 11 is 0. The van der Waals surface area contributed by atoms with Crippen molar-refractivity contribution in [1.82, 2.24) is 19.9 Å². The average Bonchev–Trinajstić information content (AvgIpc) is 2.46. The maximum absolute atomic E-state index is 11.3. The molecule has 21 heavy (non-hydrogen) atoms. The zero-order chi connectivity index (χ0) is 15.4. The van der Waals surface area contributed by atoms with E-state index in [0.717, 1.165) is 0 Å². The molecule has 2 heterocycles. The number of hydrogen-bond donors (Lipinski definition) is 1. The molecule has 2 rings (SSSR count). The number of ether oxygens (including phenoxy) is 1. The number of methoxy groups -OCH3 is 1. The molecule has 0 aliphatic rings. The molecular formula is C12H14N6O3. The van der Waals surface area contributed by atoms with Crippen molar-refractivity contribution in [1.29, 1.82) is 0 Å². The topological polar surface area (TPSA) is 116 Å². The predicted molar refractivity (Wildman–Crippen MR) is 75.2 cm³/mol. The van der Waals surface area contributed by atoms with Gasteiger partial charge in [0.1, 0.15) is 5.69 Å². The van der Waals surface area contributed by atoms with Crippen LogP contribution in [0.2, 0.25) is 0 Å². The molecule has 110 valence electrons. The molecule has 0 radical (unpaired) electrons. The van der Waals surface area contributed by atoms with Gasteiger partial charge in [0.2, 0.25) is 11.8 Å². The summed E-state index contributed by atoms with van der Waals surface area (Å²) in [6, 6.07) is 0. The van der Waals surface area contributed by atoms with Crippen molar-refractivity contribution in [2.24, 2.45) is 0 Å². The molecule has 0 saturated heterocycles. The van der Waals surface area contributed by atoms with Gasteiger partial charge in [0.25, 0.3) is 0 Å². The molecule has 0 bridgehead atoms. The molecule has 2 aromatic rings. The summed E-state index contributed by atoms with van der Waals surface area (Å²) in [5.74, 6) is 0.462. The lowest BCUT2D eigenvalue weighted by molar-refractivity contribution is -0.385. The van der Waals surface area contributed by atoms with Crippen LogP contribution in [0.3, 0.4) is 0 Å². The lowest BCUT2D eigenvalue weighted by atomic mass is 10.2. The van der Waals surface area contributed by atoms with Crippen LogP contribution in [0.1, 0.15) is 12.6 Å². The van der Waals surface area contributed by atoms with E-state index in [1.165, 1.54) is 19.5 Å². The van der Waals surface area contributed by atoms with E-state index in [2.05, 4.69) is 25.3 Å². The van der Waals surface area contributed by atoms with Gasteiger partial charge in [0.05, 0.1) is 12.0 Å². The fraction of sp³-hybridized carbons (Fsp3) is 0.333. The highest BCUT2D eigenvalue weighted by molar-refractivity contribution is 5.72. The summed E-state index contributed by atoms with van der Waals surface area (Å²) in [6.07, 6.45) is 2.86. The average molecular weight is 290 g/mol. The van der Waals surface area contributed by atoms with Gasteiger partial charge in [0.15, 0.2) is 11.4 Å². The summed E-state index contributed by atoms with van der Waals surface area (Å²) in [7, 11) is 1.42. The standard InChI is InChI=1S/C12H14N6O3/c1-4-13-12-16-7(2)10(18(19)20)8(17-12)9-11(21-3)15-6-5-14-9/h5-6H,4H2,1-3H3,(H,13,16,17). The normalized spacial score (nSPS) is 10.2. The summed E-state index contributed by atoms with van der Waals surface area (Å²) in [5, 5.41) is 14.2. The third kappa shape index (κ3) is 2.86. The van der Waals surface area contributed by atoms with Gasteiger partial charge < -0.3 is 10.1 Å². The van der Waals surface area contributed by atoms with Crippen molar-refractivity contribution >= 4 is 11.6 Å². The number of nitrogens with zero attached hydrogens (tertiary/aromatic N) is 5. The van der Waals surface area contributed by atoms with Crippen molar-refractivity contribution in [3.8, 4) is 17.3 Å². The van der Waals surface area contributed by atoms with Crippen molar-refractivity contribution in [2.45, 2.75) is 13.8 Å². The first-order valence-corrected chi connectivity index (χ1v) is 6.20. The second-order valence-corrected chi connectivity index (χ2v) is 4.03. The van der Waals surface area contributed by atoms with Gasteiger partial charge in [0, 0.05) is 18.9 Å². The second-order valence-electron chi connectivity index (χ2n) is 4.03. The summed E-state index contributed by atoms with van der Waals surface area (Å²) in [4.78, 5) is 27.1. The van der Waals surface area contributed by atoms with Crippen LogP contribution in [-0.4, -0.2) is 38.5 Å². The number of aromatic nitrogens is 4. The van der Waals surface area contributed by atoms with Gasteiger partial charge in [-0.15, -0.1) is 0 Å². The molecular weight excluding hydrogens is 276 g/mol. The molecule has 0 saturated carbocycles. The Kier molecular flexibility index (Phi) is 4.21. The molecule has 0 fully saturated rings. The number of aryl methyl sites for hydroxylation is 1. The smallest absolute Gasteiger partial charge is 0.318 e. The zero-order valence-electron chi connectivity index (χ0n) is 11.8. The maximum Gasteiger partial charge on any atom is 0.318 e. The molecule has 0 atom stereocenters. The van der Waals surface area contributed by atoms with Crippen LogP contribution in [0.25, 0.3) is 11.4 Å². The number of anilines is 1. The van der Waals surface area contributed by atoms with E-state index in [0.29, 0.717) is 12.5 Å². The minimum Gasteiger partial charge on any atom is -0.479 e. The molecule has 9 heteroatoms. The summed E-state index contributed by atoms with van der Waals surface area (Å²) < 4.78 is 5.10. The van der Waals surface area contributed by atoms with E-state index >= 15 is 0 Å². The Labute approximate surface area is 120 Å². The number of nitrogens with one attached hydrogen (secondary N) is 1. The quantitative estimate of drug-likeness (QED) is 0.651. The highest BCUT2D eigenvalue weighted by Gasteiger charge is 2.26. The fourth-order valence-electron chi connectivity index (χ4n) is 1.82. The van der Waals surface area contributed by atoms with Crippen LogP contribution in [-0.2, 0) is 0 Å². The summed E-state index contributed by atoms with van der Waals surface area (Å²) in [5.41, 5.74) is 0.314. The number of nitro groups is 1. The highest BCUT2D eigenvalue weighted by Crippen LogP contribution is 2.33. The molecule has 0 unspecified atom stereocenters. The molecule has 2 aromatic heterocycles. The van der Waals surface area contributed by atoms with E-state index in [-0.39, 0.29) is 28.6 Å². The number of hydrogen-bond acceptors (Lipinski definition) is 8. The van der Waals surface area contributed by atoms with Crippen LogP contribution in [0.5, 0.6) is 5.88 Å². The molecule has 9 nitrogen and oxygen atoms in total. The first-order chi connectivity index (χ1) is 10.1. The van der Waals surface area contributed by atoms with Gasteiger partial charge in [-0.1, -0.05) is 0 Å². The van der Waals surface area contributed by atoms with Crippen molar-refractivity contribution in [3.63, 3.8) is 0 Å². The Morgan fingerprint density at radius 3 is 2.62 bits per heavy atom. The minimum absolute atomic E-state index is 0.0772. The zero-order valence-corrected chi connectivity index (χ0v) is 11.8. The molecule has 0 amide bonds. The Morgan fingerprint density at radius 2 is 2.00 bits per heavy atom. The third-order valence-electron chi connectivity index (χ3n) is 2.66. The first-order valence-electron chi connectivity index (χ1n) is 6.20. The van der Waals surface area contributed by atoms with E-state index in [1.54, 1.807) is 6.92 Å². The lowest BCUT2D eigenvalue weighted by Gasteiger charge is -2.09. The molecule has 1 N–H and O–H groups in total. The van der Waals surface area contributed by atoms with E-state index < -0.39 is 4.92 Å². The van der Waals surface area contributed by atoms with E-state index in [9.17, 15) is 10.1 Å². The van der Waals surface area contributed by atoms with Gasteiger partial charge in [-0.25, -0.2) is 19.9 Å². The minimum atomic E-state index is -0.533. The maximum atomic E-state index is 11.3. The van der Waals surface area contributed by atoms with Crippen molar-refractivity contribution in [2.75, 3.05) is 19.0 Å². The molecule has 0 aliphatic heterocycles. The number of rotatable bonds is 5. The van der Waals surface area contributed by atoms with E-state index in [1.807, 2.05) is 6.92 Å². The van der Waals surface area contributed by atoms with Gasteiger partial charge in [-0.05, 0) is 13.8 Å². The Bertz CT molecular complexity index is 676. The Hall–Kier alpha value is -2.84. The van der Waals surface area contributed by atoms with Crippen LogP contribution < -0.4 is 10.1 Å². The van der Waals surface area contributed by atoms with Gasteiger partial charge in [-0.2, -0.15) is 0 Å². The van der Waals surface area contributed by atoms with Gasteiger partial charge >= 0.3 is 5.69 Å². The summed E-state index contributed by atoms with van der Waals surface area (Å²) in [6.45, 7) is 4.02. The first kappa shape index (κ1) is 14.6.